The van der Waals surface area contributed by atoms with Gasteiger partial charge in [-0.15, -0.1) is 0 Å². The fraction of sp³-hybridized carbons (Fsp3) is 0.323. The van der Waals surface area contributed by atoms with Crippen molar-refractivity contribution in [1.29, 1.82) is 5.26 Å². The van der Waals surface area contributed by atoms with Crippen LogP contribution in [0.15, 0.2) is 43.1 Å². The molecule has 0 saturated heterocycles. The third-order valence-corrected chi connectivity index (χ3v) is 6.93. The number of nitrogens with zero attached hydrogens (tertiary/aromatic N) is 7. The molecule has 0 unspecified atom stereocenters. The van der Waals surface area contributed by atoms with Crippen LogP contribution in [0.4, 0.5) is 27.4 Å². The van der Waals surface area contributed by atoms with Gasteiger partial charge in [-0.25, -0.2) is 19.3 Å². The number of imidazole rings is 1. The van der Waals surface area contributed by atoms with E-state index in [1.807, 2.05) is 51.4 Å². The molecule has 43 heavy (non-hydrogen) atoms. The molecular formula is C31H36FN9O2. The Morgan fingerprint density at radius 1 is 1.19 bits per heavy atom. The highest BCUT2D eigenvalue weighted by molar-refractivity contribution is 6.02. The molecule has 2 aromatic carbocycles. The summed E-state index contributed by atoms with van der Waals surface area (Å²) in [7, 11) is 7.43. The lowest BCUT2D eigenvalue weighted by atomic mass is 10.1. The van der Waals surface area contributed by atoms with E-state index in [0.29, 0.717) is 40.6 Å². The zero-order valence-corrected chi connectivity index (χ0v) is 25.5. The van der Waals surface area contributed by atoms with Crippen molar-refractivity contribution in [2.45, 2.75) is 26.8 Å². The zero-order valence-electron chi connectivity index (χ0n) is 25.5. The fourth-order valence-electron chi connectivity index (χ4n) is 4.83. The number of likely N-dealkylation sites (N-methyl/N-ethyl adjacent to an activating group) is 2. The van der Waals surface area contributed by atoms with Crippen LogP contribution >= 0.6 is 0 Å². The number of benzene rings is 2. The fourth-order valence-corrected chi connectivity index (χ4v) is 4.83. The van der Waals surface area contributed by atoms with Crippen LogP contribution in [0.2, 0.25) is 0 Å². The van der Waals surface area contributed by atoms with E-state index >= 15 is 4.39 Å². The maximum Gasteiger partial charge on any atom is 0.247 e. The summed E-state index contributed by atoms with van der Waals surface area (Å²) in [6, 6.07) is 8.79. The molecule has 11 nitrogen and oxygen atoms in total. The van der Waals surface area contributed by atoms with E-state index in [0.717, 1.165) is 12.2 Å². The number of hydrogen-bond acceptors (Lipinski definition) is 9. The van der Waals surface area contributed by atoms with Gasteiger partial charge < -0.3 is 29.7 Å². The summed E-state index contributed by atoms with van der Waals surface area (Å²) in [5, 5.41) is 15.8. The molecule has 0 atom stereocenters. The van der Waals surface area contributed by atoms with Crippen molar-refractivity contribution in [1.82, 2.24) is 24.4 Å². The molecule has 0 fully saturated rings. The van der Waals surface area contributed by atoms with Crippen LogP contribution in [0, 0.1) is 24.1 Å². The number of methoxy groups -OCH3 is 1. The number of nitriles is 1. The van der Waals surface area contributed by atoms with Gasteiger partial charge in [0.2, 0.25) is 11.9 Å². The second kappa shape index (κ2) is 12.9. The summed E-state index contributed by atoms with van der Waals surface area (Å²) in [4.78, 5) is 29.7. The smallest absolute Gasteiger partial charge is 0.247 e. The Balaban J connectivity index is 1.80. The summed E-state index contributed by atoms with van der Waals surface area (Å²) >= 11 is 0. The van der Waals surface area contributed by atoms with Gasteiger partial charge in [-0.2, -0.15) is 5.26 Å². The SMILES string of the molecule is C=CC(=O)Nc1cc(Nc2ncc(C#N)c(-c3cc(F)c4nc(C)n(C(C)C)c4c3)n2)c(OC)cc1N(C)CCN(C)C. The average molecular weight is 586 g/mol. The van der Waals surface area contributed by atoms with E-state index in [1.165, 1.54) is 25.4 Å². The van der Waals surface area contributed by atoms with Gasteiger partial charge in [-0.3, -0.25) is 4.79 Å². The first-order valence-corrected chi connectivity index (χ1v) is 13.7. The lowest BCUT2D eigenvalue weighted by Gasteiger charge is -2.26. The number of halogens is 1. The van der Waals surface area contributed by atoms with E-state index in [-0.39, 0.29) is 34.7 Å². The summed E-state index contributed by atoms with van der Waals surface area (Å²) in [5.41, 5.74) is 3.45. The van der Waals surface area contributed by atoms with Crippen LogP contribution in [0.3, 0.4) is 0 Å². The molecule has 0 aliphatic carbocycles. The lowest BCUT2D eigenvalue weighted by Crippen LogP contribution is -2.29. The highest BCUT2D eigenvalue weighted by Crippen LogP contribution is 2.38. The molecule has 2 N–H and O–H groups in total. The van der Waals surface area contributed by atoms with Crippen molar-refractivity contribution in [3.8, 4) is 23.1 Å². The van der Waals surface area contributed by atoms with Crippen molar-refractivity contribution in [3.63, 3.8) is 0 Å². The maximum atomic E-state index is 15.3. The molecule has 0 saturated carbocycles. The van der Waals surface area contributed by atoms with Crippen molar-refractivity contribution in [3.05, 3.63) is 60.3 Å². The molecule has 0 aliphatic heterocycles. The van der Waals surface area contributed by atoms with Crippen molar-refractivity contribution >= 4 is 40.0 Å². The summed E-state index contributed by atoms with van der Waals surface area (Å²) in [6.07, 6.45) is 2.58. The molecule has 0 bridgehead atoms. The Morgan fingerprint density at radius 3 is 2.56 bits per heavy atom. The van der Waals surface area contributed by atoms with E-state index < -0.39 is 5.82 Å². The Bertz CT molecular complexity index is 1720. The quantitative estimate of drug-likeness (QED) is 0.227. The topological polar surface area (TPSA) is 124 Å². The number of anilines is 4. The highest BCUT2D eigenvalue weighted by atomic mass is 19.1. The number of carbonyl (C=O) groups is 1. The summed E-state index contributed by atoms with van der Waals surface area (Å²) < 4.78 is 22.9. The van der Waals surface area contributed by atoms with Crippen molar-refractivity contribution in [2.75, 3.05) is 56.9 Å². The number of aromatic nitrogens is 4. The van der Waals surface area contributed by atoms with Crippen LogP contribution in [0.5, 0.6) is 5.75 Å². The van der Waals surface area contributed by atoms with Gasteiger partial charge in [0, 0.05) is 37.8 Å². The molecule has 4 rings (SSSR count). The monoisotopic (exact) mass is 585 g/mol. The second-order valence-electron chi connectivity index (χ2n) is 10.6. The van der Waals surface area contributed by atoms with Crippen LogP contribution in [0.1, 0.15) is 31.3 Å². The Morgan fingerprint density at radius 2 is 1.93 bits per heavy atom. The second-order valence-corrected chi connectivity index (χ2v) is 10.6. The first-order chi connectivity index (χ1) is 20.5. The third-order valence-electron chi connectivity index (χ3n) is 6.93. The Labute approximate surface area is 250 Å². The van der Waals surface area contributed by atoms with Gasteiger partial charge in [0.15, 0.2) is 5.82 Å². The van der Waals surface area contributed by atoms with Crippen molar-refractivity contribution in [2.24, 2.45) is 0 Å². The van der Waals surface area contributed by atoms with Crippen LogP contribution in [-0.4, -0.2) is 71.7 Å². The molecular weight excluding hydrogens is 549 g/mol. The number of carbonyl (C=O) groups excluding carboxylic acids is 1. The van der Waals surface area contributed by atoms with E-state index in [9.17, 15) is 10.1 Å². The van der Waals surface area contributed by atoms with Gasteiger partial charge in [-0.1, -0.05) is 6.58 Å². The van der Waals surface area contributed by atoms with Gasteiger partial charge in [0.1, 0.15) is 23.2 Å². The minimum atomic E-state index is -0.509. The molecule has 224 valence electrons. The van der Waals surface area contributed by atoms with Gasteiger partial charge in [0.25, 0.3) is 0 Å². The lowest BCUT2D eigenvalue weighted by molar-refractivity contribution is -0.111. The predicted molar refractivity (Wildman–Crippen MR) is 167 cm³/mol. The molecule has 1 amide bonds. The standard InChI is InChI=1S/C31H36FN9O2/c1-9-28(42)36-23-14-24(27(43-8)15-25(23)40(7)11-10-39(5)6)37-31-34-17-21(16-33)29(38-31)20-12-22(32)30-26(13-20)41(18(2)3)19(4)35-30/h9,12-15,17-18H,1,10-11H2,2-8H3,(H,36,42)(H,34,37,38). The molecule has 4 aromatic rings. The Kier molecular flexibility index (Phi) is 9.26. The minimum Gasteiger partial charge on any atom is -0.494 e. The van der Waals surface area contributed by atoms with Crippen LogP contribution in [0.25, 0.3) is 22.3 Å². The van der Waals surface area contributed by atoms with E-state index in [2.05, 4.69) is 43.1 Å². The van der Waals surface area contributed by atoms with E-state index in [1.54, 1.807) is 18.2 Å². The largest absolute Gasteiger partial charge is 0.494 e. The number of hydrogen-bond donors (Lipinski definition) is 2. The minimum absolute atomic E-state index is 0.0471. The molecule has 2 aromatic heterocycles. The number of amides is 1. The normalized spacial score (nSPS) is 11.1. The number of nitrogens with one attached hydrogen (secondary N) is 2. The molecule has 12 heteroatoms. The van der Waals surface area contributed by atoms with Crippen LogP contribution in [-0.2, 0) is 4.79 Å². The van der Waals surface area contributed by atoms with Crippen LogP contribution < -0.4 is 20.3 Å². The predicted octanol–water partition coefficient (Wildman–Crippen LogP) is 5.27. The van der Waals surface area contributed by atoms with Gasteiger partial charge in [0.05, 0.1) is 47.1 Å². The maximum absolute atomic E-state index is 15.3. The molecule has 0 radical (unpaired) electrons. The number of ether oxygens (including phenoxy) is 1. The van der Waals surface area contributed by atoms with E-state index in [4.69, 9.17) is 4.74 Å². The Hall–Kier alpha value is -5.02. The number of aryl methyl sites for hydroxylation is 1. The highest BCUT2D eigenvalue weighted by Gasteiger charge is 2.20. The summed E-state index contributed by atoms with van der Waals surface area (Å²) in [6.45, 7) is 10.9. The first-order valence-electron chi connectivity index (χ1n) is 13.7. The third kappa shape index (κ3) is 6.57. The van der Waals surface area contributed by atoms with Gasteiger partial charge in [-0.05, 0) is 59.1 Å². The van der Waals surface area contributed by atoms with Crippen molar-refractivity contribution < 1.29 is 13.9 Å². The summed E-state index contributed by atoms with van der Waals surface area (Å²) in [5.74, 6) is 0.431. The number of fused-ring (bicyclic) bond motifs is 1. The average Bonchev–Trinajstić information content (AvgIpc) is 3.32. The zero-order chi connectivity index (χ0) is 31.4. The molecule has 2 heterocycles. The first kappa shape index (κ1) is 30.9. The molecule has 0 spiro atoms. The van der Waals surface area contributed by atoms with Gasteiger partial charge >= 0.3 is 0 Å². The molecule has 0 aliphatic rings. The number of rotatable bonds is 11.